The SMILES string of the molecule is CC1CCCC(C(C)NCc2cnc[nH]2)C1. The number of H-pyrrole nitrogens is 1. The number of rotatable bonds is 4. The molecule has 2 rings (SSSR count). The van der Waals surface area contributed by atoms with Gasteiger partial charge in [-0.3, -0.25) is 0 Å². The molecule has 1 saturated carbocycles. The zero-order valence-corrected chi connectivity index (χ0v) is 10.4. The summed E-state index contributed by atoms with van der Waals surface area (Å²) in [5, 5.41) is 3.60. The lowest BCUT2D eigenvalue weighted by atomic mass is 9.79. The Morgan fingerprint density at radius 3 is 3.12 bits per heavy atom. The van der Waals surface area contributed by atoms with E-state index >= 15 is 0 Å². The minimum atomic E-state index is 0.617. The molecule has 2 N–H and O–H groups in total. The lowest BCUT2D eigenvalue weighted by molar-refractivity contribution is 0.230. The number of hydrogen-bond acceptors (Lipinski definition) is 2. The number of hydrogen-bond donors (Lipinski definition) is 2. The van der Waals surface area contributed by atoms with Gasteiger partial charge >= 0.3 is 0 Å². The van der Waals surface area contributed by atoms with Gasteiger partial charge < -0.3 is 10.3 Å². The van der Waals surface area contributed by atoms with Crippen LogP contribution in [-0.4, -0.2) is 16.0 Å². The first-order chi connectivity index (χ1) is 7.75. The Balaban J connectivity index is 1.76. The molecule has 1 aliphatic carbocycles. The second-order valence-corrected chi connectivity index (χ2v) is 5.28. The average molecular weight is 221 g/mol. The van der Waals surface area contributed by atoms with Crippen molar-refractivity contribution in [1.82, 2.24) is 15.3 Å². The van der Waals surface area contributed by atoms with Crippen molar-refractivity contribution in [2.24, 2.45) is 11.8 Å². The van der Waals surface area contributed by atoms with Crippen molar-refractivity contribution >= 4 is 0 Å². The van der Waals surface area contributed by atoms with Crippen LogP contribution in [0.3, 0.4) is 0 Å². The van der Waals surface area contributed by atoms with Crippen LogP contribution >= 0.6 is 0 Å². The van der Waals surface area contributed by atoms with Crippen LogP contribution < -0.4 is 5.32 Å². The van der Waals surface area contributed by atoms with Crippen molar-refractivity contribution in [3.63, 3.8) is 0 Å². The van der Waals surface area contributed by atoms with Crippen molar-refractivity contribution in [3.8, 4) is 0 Å². The number of imidazole rings is 1. The van der Waals surface area contributed by atoms with E-state index in [2.05, 4.69) is 29.1 Å². The minimum Gasteiger partial charge on any atom is -0.347 e. The predicted molar refractivity (Wildman–Crippen MR) is 66.0 cm³/mol. The molecule has 3 unspecified atom stereocenters. The fourth-order valence-corrected chi connectivity index (χ4v) is 2.75. The second kappa shape index (κ2) is 5.48. The molecule has 0 aromatic carbocycles. The Bertz CT molecular complexity index is 294. The lowest BCUT2D eigenvalue weighted by Crippen LogP contribution is -2.35. The zero-order chi connectivity index (χ0) is 11.4. The molecule has 0 spiro atoms. The number of nitrogens with zero attached hydrogens (tertiary/aromatic N) is 1. The van der Waals surface area contributed by atoms with E-state index < -0.39 is 0 Å². The van der Waals surface area contributed by atoms with Gasteiger partial charge in [-0.25, -0.2) is 4.98 Å². The highest BCUT2D eigenvalue weighted by Crippen LogP contribution is 2.30. The summed E-state index contributed by atoms with van der Waals surface area (Å²) < 4.78 is 0. The van der Waals surface area contributed by atoms with Gasteiger partial charge in [-0.05, 0) is 31.6 Å². The lowest BCUT2D eigenvalue weighted by Gasteiger charge is -2.31. The second-order valence-electron chi connectivity index (χ2n) is 5.28. The van der Waals surface area contributed by atoms with Crippen molar-refractivity contribution in [2.45, 2.75) is 52.1 Å². The van der Waals surface area contributed by atoms with Gasteiger partial charge in [0.1, 0.15) is 0 Å². The van der Waals surface area contributed by atoms with Gasteiger partial charge in [0.25, 0.3) is 0 Å². The molecule has 90 valence electrons. The van der Waals surface area contributed by atoms with E-state index in [9.17, 15) is 0 Å². The number of nitrogens with one attached hydrogen (secondary N) is 2. The van der Waals surface area contributed by atoms with Gasteiger partial charge in [-0.15, -0.1) is 0 Å². The summed E-state index contributed by atoms with van der Waals surface area (Å²) in [6.07, 6.45) is 9.23. The molecular formula is C13H23N3. The molecule has 1 aromatic heterocycles. The van der Waals surface area contributed by atoms with Gasteiger partial charge in [0, 0.05) is 24.5 Å². The Morgan fingerprint density at radius 1 is 1.56 bits per heavy atom. The third kappa shape index (κ3) is 3.08. The first-order valence-corrected chi connectivity index (χ1v) is 6.46. The topological polar surface area (TPSA) is 40.7 Å². The third-order valence-electron chi connectivity index (χ3n) is 3.85. The molecule has 1 heterocycles. The van der Waals surface area contributed by atoms with Crippen LogP contribution in [0.15, 0.2) is 12.5 Å². The standard InChI is InChI=1S/C13H23N3/c1-10-4-3-5-12(6-10)11(2)15-8-13-7-14-9-16-13/h7,9-12,15H,3-6,8H2,1-2H3,(H,14,16). The molecule has 0 saturated heterocycles. The molecule has 3 heteroatoms. The normalized spacial score (nSPS) is 27.9. The zero-order valence-electron chi connectivity index (χ0n) is 10.4. The first-order valence-electron chi connectivity index (χ1n) is 6.46. The van der Waals surface area contributed by atoms with Crippen LogP contribution in [0, 0.1) is 11.8 Å². The highest BCUT2D eigenvalue weighted by atomic mass is 15.0. The molecule has 3 atom stereocenters. The molecular weight excluding hydrogens is 198 g/mol. The molecule has 1 aliphatic rings. The van der Waals surface area contributed by atoms with E-state index in [4.69, 9.17) is 0 Å². The predicted octanol–water partition coefficient (Wildman–Crippen LogP) is 2.71. The summed E-state index contributed by atoms with van der Waals surface area (Å²) in [6.45, 7) is 5.61. The summed E-state index contributed by atoms with van der Waals surface area (Å²) >= 11 is 0. The maximum atomic E-state index is 4.03. The van der Waals surface area contributed by atoms with Crippen LogP contribution in [0.25, 0.3) is 0 Å². The smallest absolute Gasteiger partial charge is 0.0922 e. The molecule has 0 radical (unpaired) electrons. The maximum absolute atomic E-state index is 4.03. The Labute approximate surface area is 98.1 Å². The number of aromatic amines is 1. The highest BCUT2D eigenvalue weighted by molar-refractivity contribution is 4.94. The van der Waals surface area contributed by atoms with Gasteiger partial charge in [-0.2, -0.15) is 0 Å². The van der Waals surface area contributed by atoms with Gasteiger partial charge in [0.05, 0.1) is 6.33 Å². The van der Waals surface area contributed by atoms with E-state index in [1.807, 2.05) is 6.20 Å². The van der Waals surface area contributed by atoms with Crippen molar-refractivity contribution in [1.29, 1.82) is 0 Å². The number of aromatic nitrogens is 2. The Hall–Kier alpha value is -0.830. The largest absolute Gasteiger partial charge is 0.347 e. The van der Waals surface area contributed by atoms with Crippen LogP contribution in [0.2, 0.25) is 0 Å². The Kier molecular flexibility index (Phi) is 3.99. The Morgan fingerprint density at radius 2 is 2.44 bits per heavy atom. The molecule has 3 nitrogen and oxygen atoms in total. The summed E-state index contributed by atoms with van der Waals surface area (Å²) in [5.41, 5.74) is 1.18. The van der Waals surface area contributed by atoms with Gasteiger partial charge in [-0.1, -0.05) is 19.8 Å². The molecule has 0 aliphatic heterocycles. The van der Waals surface area contributed by atoms with E-state index in [1.165, 1.54) is 31.4 Å². The maximum Gasteiger partial charge on any atom is 0.0922 e. The first kappa shape index (κ1) is 11.6. The average Bonchev–Trinajstić information content (AvgIpc) is 2.78. The van der Waals surface area contributed by atoms with Crippen molar-refractivity contribution < 1.29 is 0 Å². The van der Waals surface area contributed by atoms with E-state index in [1.54, 1.807) is 6.33 Å². The third-order valence-corrected chi connectivity index (χ3v) is 3.85. The fraction of sp³-hybridized carbons (Fsp3) is 0.769. The molecule has 16 heavy (non-hydrogen) atoms. The van der Waals surface area contributed by atoms with Gasteiger partial charge in [0.15, 0.2) is 0 Å². The van der Waals surface area contributed by atoms with Crippen LogP contribution in [-0.2, 0) is 6.54 Å². The van der Waals surface area contributed by atoms with Crippen molar-refractivity contribution in [2.75, 3.05) is 0 Å². The van der Waals surface area contributed by atoms with Crippen LogP contribution in [0.4, 0.5) is 0 Å². The molecule has 0 amide bonds. The molecule has 1 fully saturated rings. The fourth-order valence-electron chi connectivity index (χ4n) is 2.75. The van der Waals surface area contributed by atoms with E-state index in [0.29, 0.717) is 6.04 Å². The summed E-state index contributed by atoms with van der Waals surface area (Å²) in [7, 11) is 0. The molecule has 1 aromatic rings. The highest BCUT2D eigenvalue weighted by Gasteiger charge is 2.23. The monoisotopic (exact) mass is 221 g/mol. The van der Waals surface area contributed by atoms with Crippen molar-refractivity contribution in [3.05, 3.63) is 18.2 Å². The van der Waals surface area contributed by atoms with Crippen LogP contribution in [0.1, 0.15) is 45.2 Å². The van der Waals surface area contributed by atoms with Crippen LogP contribution in [0.5, 0.6) is 0 Å². The summed E-state index contributed by atoms with van der Waals surface area (Å²) in [4.78, 5) is 7.16. The minimum absolute atomic E-state index is 0.617. The van der Waals surface area contributed by atoms with Gasteiger partial charge in [0.2, 0.25) is 0 Å². The quantitative estimate of drug-likeness (QED) is 0.820. The summed E-state index contributed by atoms with van der Waals surface area (Å²) in [5.74, 6) is 1.77. The summed E-state index contributed by atoms with van der Waals surface area (Å²) in [6, 6.07) is 0.617. The molecule has 0 bridgehead atoms. The van der Waals surface area contributed by atoms with E-state index in [-0.39, 0.29) is 0 Å². The van der Waals surface area contributed by atoms with E-state index in [0.717, 1.165) is 18.4 Å².